The van der Waals surface area contributed by atoms with Gasteiger partial charge in [-0.2, -0.15) is 0 Å². The van der Waals surface area contributed by atoms with Gasteiger partial charge in [-0.3, -0.25) is 0 Å². The van der Waals surface area contributed by atoms with Gasteiger partial charge >= 0.3 is 12.1 Å². The summed E-state index contributed by atoms with van der Waals surface area (Å²) in [5.74, 6) is -3.24. The van der Waals surface area contributed by atoms with Crippen LogP contribution in [0.1, 0.15) is 45.6 Å². The third-order valence-corrected chi connectivity index (χ3v) is 4.79. The first-order chi connectivity index (χ1) is 16.2. The third-order valence-electron chi connectivity index (χ3n) is 4.79. The molecule has 0 bridgehead atoms. The van der Waals surface area contributed by atoms with Crippen LogP contribution in [0.3, 0.4) is 0 Å². The average Bonchev–Trinajstić information content (AvgIpc) is 2.77. The molecular formula is C24H37F2NO7. The smallest absolute Gasteiger partial charge is 0.409 e. The zero-order valence-corrected chi connectivity index (χ0v) is 20.3. The molecule has 8 nitrogen and oxygen atoms in total. The number of nitrogens with zero attached hydrogens (tertiary/aromatic N) is 1. The summed E-state index contributed by atoms with van der Waals surface area (Å²) in [6.07, 6.45) is 0.0762. The van der Waals surface area contributed by atoms with E-state index in [4.69, 9.17) is 18.9 Å². The van der Waals surface area contributed by atoms with E-state index in [0.717, 1.165) is 25.3 Å². The van der Waals surface area contributed by atoms with E-state index in [0.29, 0.717) is 19.0 Å². The molecule has 0 fully saturated rings. The molecule has 1 aromatic rings. The predicted octanol–water partition coefficient (Wildman–Crippen LogP) is 4.40. The van der Waals surface area contributed by atoms with Gasteiger partial charge in [0.15, 0.2) is 6.10 Å². The van der Waals surface area contributed by atoms with Gasteiger partial charge in [0.2, 0.25) is 5.92 Å². The molecule has 0 saturated carbocycles. The van der Waals surface area contributed by atoms with Gasteiger partial charge in [-0.05, 0) is 38.0 Å². The Balaban J connectivity index is 2.53. The van der Waals surface area contributed by atoms with Crippen molar-refractivity contribution in [1.82, 2.24) is 4.90 Å². The molecule has 1 unspecified atom stereocenters. The standard InChI is InChI=1S/C24H37F2NO7/c1-4-6-14-34-23(30)27(12-16-31-15-11-24(3,25)26)13-17-33-20-9-7-19(8-10-20)18-21(22(28)29)32-5-2/h7-10,21H,4-6,11-18H2,1-3H3,(H,28,29). The summed E-state index contributed by atoms with van der Waals surface area (Å²) in [6, 6.07) is 6.97. The molecule has 1 rings (SSSR count). The Morgan fingerprint density at radius 1 is 1.06 bits per heavy atom. The van der Waals surface area contributed by atoms with Gasteiger partial charge in [0, 0.05) is 26.0 Å². The zero-order valence-electron chi connectivity index (χ0n) is 20.3. The lowest BCUT2D eigenvalue weighted by Gasteiger charge is -2.22. The van der Waals surface area contributed by atoms with Crippen molar-refractivity contribution >= 4 is 12.1 Å². The summed E-state index contributed by atoms with van der Waals surface area (Å²) in [5, 5.41) is 9.19. The molecule has 34 heavy (non-hydrogen) atoms. The van der Waals surface area contributed by atoms with Gasteiger partial charge in [0.1, 0.15) is 12.4 Å². The number of carboxylic acids is 1. The Kier molecular flexibility index (Phi) is 14.1. The van der Waals surface area contributed by atoms with Gasteiger partial charge < -0.3 is 29.0 Å². The quantitative estimate of drug-likeness (QED) is 0.306. The van der Waals surface area contributed by atoms with Crippen molar-refractivity contribution in [3.8, 4) is 5.75 Å². The van der Waals surface area contributed by atoms with Gasteiger partial charge in [-0.1, -0.05) is 25.5 Å². The monoisotopic (exact) mass is 489 g/mol. The first kappa shape index (κ1) is 29.6. The van der Waals surface area contributed by atoms with Gasteiger partial charge in [0.25, 0.3) is 0 Å². The number of amides is 1. The van der Waals surface area contributed by atoms with Crippen molar-refractivity contribution in [2.45, 2.75) is 58.5 Å². The Hall–Kier alpha value is -2.46. The number of alkyl halides is 2. The molecule has 10 heteroatoms. The largest absolute Gasteiger partial charge is 0.492 e. The molecule has 0 aliphatic carbocycles. The number of carbonyl (C=O) groups excluding carboxylic acids is 1. The molecule has 1 atom stereocenters. The van der Waals surface area contributed by atoms with Crippen molar-refractivity contribution in [3.63, 3.8) is 0 Å². The second-order valence-corrected chi connectivity index (χ2v) is 7.87. The number of halogens is 2. The number of carbonyl (C=O) groups is 2. The second kappa shape index (κ2) is 16.2. The molecule has 0 aliphatic rings. The van der Waals surface area contributed by atoms with E-state index in [1.54, 1.807) is 31.2 Å². The summed E-state index contributed by atoms with van der Waals surface area (Å²) < 4.78 is 47.2. The molecule has 1 amide bonds. The summed E-state index contributed by atoms with van der Waals surface area (Å²) in [6.45, 7) is 5.79. The lowest BCUT2D eigenvalue weighted by atomic mass is 10.1. The number of unbranched alkanes of at least 4 members (excludes halogenated alkanes) is 1. The lowest BCUT2D eigenvalue weighted by Crippen LogP contribution is -2.38. The molecule has 1 aromatic carbocycles. The highest BCUT2D eigenvalue weighted by atomic mass is 19.3. The van der Waals surface area contributed by atoms with E-state index in [1.165, 1.54) is 4.90 Å². The van der Waals surface area contributed by atoms with E-state index < -0.39 is 24.1 Å². The maximum absolute atomic E-state index is 12.9. The van der Waals surface area contributed by atoms with Gasteiger partial charge in [-0.15, -0.1) is 0 Å². The SMILES string of the molecule is CCCCOC(=O)N(CCOCCC(C)(F)F)CCOc1ccc(CC(OCC)C(=O)O)cc1. The zero-order chi connectivity index (χ0) is 25.4. The van der Waals surface area contributed by atoms with Crippen LogP contribution >= 0.6 is 0 Å². The average molecular weight is 490 g/mol. The van der Waals surface area contributed by atoms with Crippen LogP contribution in [0.15, 0.2) is 24.3 Å². The number of ether oxygens (including phenoxy) is 4. The summed E-state index contributed by atoms with van der Waals surface area (Å²) in [7, 11) is 0. The fraction of sp³-hybridized carbons (Fsp3) is 0.667. The molecule has 1 N–H and O–H groups in total. The van der Waals surface area contributed by atoms with Crippen LogP contribution in [-0.2, 0) is 25.4 Å². The Morgan fingerprint density at radius 3 is 2.32 bits per heavy atom. The van der Waals surface area contributed by atoms with Crippen molar-refractivity contribution < 1.29 is 42.4 Å². The molecule has 0 aromatic heterocycles. The van der Waals surface area contributed by atoms with Crippen LogP contribution in [0.25, 0.3) is 0 Å². The predicted molar refractivity (Wildman–Crippen MR) is 123 cm³/mol. The molecule has 0 heterocycles. The fourth-order valence-electron chi connectivity index (χ4n) is 2.85. The summed E-state index contributed by atoms with van der Waals surface area (Å²) >= 11 is 0. The van der Waals surface area contributed by atoms with E-state index in [9.17, 15) is 23.5 Å². The van der Waals surface area contributed by atoms with Crippen molar-refractivity contribution in [3.05, 3.63) is 29.8 Å². The highest BCUT2D eigenvalue weighted by Crippen LogP contribution is 2.16. The number of hydrogen-bond acceptors (Lipinski definition) is 6. The Morgan fingerprint density at radius 2 is 1.74 bits per heavy atom. The number of carboxylic acid groups (broad SMARTS) is 1. The Bertz CT molecular complexity index is 710. The van der Waals surface area contributed by atoms with Crippen LogP contribution in [-0.4, -0.2) is 80.2 Å². The normalized spacial score (nSPS) is 12.3. The highest BCUT2D eigenvalue weighted by molar-refractivity contribution is 5.72. The maximum Gasteiger partial charge on any atom is 0.409 e. The molecule has 0 radical (unpaired) electrons. The number of rotatable bonds is 18. The van der Waals surface area contributed by atoms with Crippen molar-refractivity contribution in [2.75, 3.05) is 46.1 Å². The highest BCUT2D eigenvalue weighted by Gasteiger charge is 2.21. The molecule has 0 saturated heterocycles. The second-order valence-electron chi connectivity index (χ2n) is 7.87. The Labute approximate surface area is 200 Å². The van der Waals surface area contributed by atoms with Crippen molar-refractivity contribution in [2.24, 2.45) is 0 Å². The topological polar surface area (TPSA) is 94.5 Å². The first-order valence-corrected chi connectivity index (χ1v) is 11.6. The van der Waals surface area contributed by atoms with Crippen LogP contribution in [0.4, 0.5) is 13.6 Å². The minimum absolute atomic E-state index is 0.100. The van der Waals surface area contributed by atoms with Crippen LogP contribution in [0, 0.1) is 0 Å². The molecule has 0 spiro atoms. The fourth-order valence-corrected chi connectivity index (χ4v) is 2.85. The minimum atomic E-state index is -2.79. The number of aliphatic carboxylic acids is 1. The molecule has 194 valence electrons. The molecule has 0 aliphatic heterocycles. The minimum Gasteiger partial charge on any atom is -0.492 e. The van der Waals surface area contributed by atoms with E-state index >= 15 is 0 Å². The third kappa shape index (κ3) is 13.3. The summed E-state index contributed by atoms with van der Waals surface area (Å²) in [4.78, 5) is 25.0. The van der Waals surface area contributed by atoms with Crippen molar-refractivity contribution in [1.29, 1.82) is 0 Å². The first-order valence-electron chi connectivity index (χ1n) is 11.6. The van der Waals surface area contributed by atoms with Crippen LogP contribution in [0.2, 0.25) is 0 Å². The van der Waals surface area contributed by atoms with Crippen LogP contribution < -0.4 is 4.74 Å². The van der Waals surface area contributed by atoms with E-state index in [-0.39, 0.29) is 45.8 Å². The maximum atomic E-state index is 12.9. The lowest BCUT2D eigenvalue weighted by molar-refractivity contribution is -0.149. The molecular weight excluding hydrogens is 452 g/mol. The van der Waals surface area contributed by atoms with Gasteiger partial charge in [0.05, 0.1) is 26.4 Å². The van der Waals surface area contributed by atoms with E-state index in [1.807, 2.05) is 6.92 Å². The van der Waals surface area contributed by atoms with Gasteiger partial charge in [-0.25, -0.2) is 18.4 Å². The van der Waals surface area contributed by atoms with Crippen LogP contribution in [0.5, 0.6) is 5.75 Å². The number of hydrogen-bond donors (Lipinski definition) is 1. The summed E-state index contributed by atoms with van der Waals surface area (Å²) in [5.41, 5.74) is 0.795. The van der Waals surface area contributed by atoms with E-state index in [2.05, 4.69) is 0 Å². The number of benzene rings is 1.